The Bertz CT molecular complexity index is 791. The van der Waals surface area contributed by atoms with Crippen LogP contribution in [0, 0.1) is 11.7 Å². The normalized spacial score (nSPS) is 12.4. The first-order chi connectivity index (χ1) is 13.0. The average molecular weight is 370 g/mol. The Morgan fingerprint density at radius 1 is 1.07 bits per heavy atom. The second kappa shape index (κ2) is 10.3. The van der Waals surface area contributed by atoms with Crippen LogP contribution >= 0.6 is 0 Å². The van der Waals surface area contributed by atoms with Crippen molar-refractivity contribution in [3.05, 3.63) is 65.5 Å². The van der Waals surface area contributed by atoms with Gasteiger partial charge in [-0.1, -0.05) is 38.1 Å². The zero-order valence-corrected chi connectivity index (χ0v) is 16.1. The number of hydrogen-bond donors (Lipinski definition) is 3. The Morgan fingerprint density at radius 2 is 1.70 bits per heavy atom. The number of rotatable bonds is 7. The Hall–Kier alpha value is -2.89. The van der Waals surface area contributed by atoms with E-state index in [4.69, 9.17) is 0 Å². The highest BCUT2D eigenvalue weighted by atomic mass is 19.1. The van der Waals surface area contributed by atoms with Gasteiger partial charge in [-0.15, -0.1) is 0 Å². The summed E-state index contributed by atoms with van der Waals surface area (Å²) in [6, 6.07) is 14.1. The third-order valence-electron chi connectivity index (χ3n) is 4.29. The van der Waals surface area contributed by atoms with Crippen LogP contribution in [0.5, 0.6) is 0 Å². The van der Waals surface area contributed by atoms with Crippen molar-refractivity contribution in [2.24, 2.45) is 10.9 Å². The van der Waals surface area contributed by atoms with Crippen molar-refractivity contribution in [2.75, 3.05) is 12.4 Å². The molecule has 0 aliphatic heterocycles. The fourth-order valence-corrected chi connectivity index (χ4v) is 2.45. The van der Waals surface area contributed by atoms with Crippen LogP contribution in [-0.4, -0.2) is 18.9 Å². The number of nitrogens with zero attached hydrogens (tertiary/aromatic N) is 1. The van der Waals surface area contributed by atoms with Crippen molar-refractivity contribution in [3.63, 3.8) is 0 Å². The van der Waals surface area contributed by atoms with Crippen LogP contribution in [-0.2, 0) is 17.9 Å². The molecule has 1 atom stereocenters. The van der Waals surface area contributed by atoms with E-state index in [0.29, 0.717) is 19.0 Å². The minimum atomic E-state index is -0.256. The van der Waals surface area contributed by atoms with Crippen molar-refractivity contribution < 1.29 is 9.18 Å². The molecule has 0 aromatic heterocycles. The lowest BCUT2D eigenvalue weighted by Gasteiger charge is -2.14. The molecule has 27 heavy (non-hydrogen) atoms. The van der Waals surface area contributed by atoms with E-state index in [0.717, 1.165) is 23.2 Å². The third-order valence-corrected chi connectivity index (χ3v) is 4.29. The Labute approximate surface area is 160 Å². The van der Waals surface area contributed by atoms with Gasteiger partial charge < -0.3 is 16.0 Å². The monoisotopic (exact) mass is 370 g/mol. The molecule has 6 heteroatoms. The number of carbonyl (C=O) groups is 1. The third kappa shape index (κ3) is 6.73. The van der Waals surface area contributed by atoms with Crippen LogP contribution < -0.4 is 16.0 Å². The minimum Gasteiger partial charge on any atom is -0.352 e. The predicted molar refractivity (Wildman–Crippen MR) is 108 cm³/mol. The van der Waals surface area contributed by atoms with Gasteiger partial charge in [-0.2, -0.15) is 0 Å². The number of aliphatic imine (C=N–C) groups is 1. The second-order valence-electron chi connectivity index (χ2n) is 6.41. The second-order valence-corrected chi connectivity index (χ2v) is 6.41. The summed E-state index contributed by atoms with van der Waals surface area (Å²) in [4.78, 5) is 16.2. The standard InChI is InChI=1S/C21H27FN4O/c1-4-15(2)20(27)26-19-10-6-8-17(12-19)14-25-21(23-3)24-13-16-7-5-9-18(22)11-16/h5-12,15H,4,13-14H2,1-3H3,(H,26,27)(H2,23,24,25). The summed E-state index contributed by atoms with van der Waals surface area (Å²) in [5.41, 5.74) is 2.64. The van der Waals surface area contributed by atoms with E-state index in [-0.39, 0.29) is 17.6 Å². The van der Waals surface area contributed by atoms with Gasteiger partial charge in [0.2, 0.25) is 5.91 Å². The molecule has 0 aliphatic carbocycles. The molecule has 0 saturated carbocycles. The molecule has 0 bridgehead atoms. The van der Waals surface area contributed by atoms with Gasteiger partial charge in [-0.3, -0.25) is 9.79 Å². The maximum atomic E-state index is 13.2. The van der Waals surface area contributed by atoms with Crippen molar-refractivity contribution >= 4 is 17.6 Å². The zero-order chi connectivity index (χ0) is 19.6. The lowest BCUT2D eigenvalue weighted by molar-refractivity contribution is -0.119. The smallest absolute Gasteiger partial charge is 0.227 e. The van der Waals surface area contributed by atoms with Gasteiger partial charge in [0.15, 0.2) is 5.96 Å². The highest BCUT2D eigenvalue weighted by Crippen LogP contribution is 2.13. The van der Waals surface area contributed by atoms with Crippen molar-refractivity contribution in [3.8, 4) is 0 Å². The summed E-state index contributed by atoms with van der Waals surface area (Å²) >= 11 is 0. The van der Waals surface area contributed by atoms with E-state index in [2.05, 4.69) is 20.9 Å². The Kier molecular flexibility index (Phi) is 7.79. The van der Waals surface area contributed by atoms with E-state index >= 15 is 0 Å². The summed E-state index contributed by atoms with van der Waals surface area (Å²) in [6.45, 7) is 4.93. The molecule has 5 nitrogen and oxygen atoms in total. The van der Waals surface area contributed by atoms with Gasteiger partial charge in [-0.05, 0) is 41.8 Å². The van der Waals surface area contributed by atoms with Crippen LogP contribution in [0.25, 0.3) is 0 Å². The maximum Gasteiger partial charge on any atom is 0.227 e. The van der Waals surface area contributed by atoms with Gasteiger partial charge in [-0.25, -0.2) is 4.39 Å². The Balaban J connectivity index is 1.88. The van der Waals surface area contributed by atoms with Crippen LogP contribution in [0.4, 0.5) is 10.1 Å². The number of carbonyl (C=O) groups excluding carboxylic acids is 1. The first kappa shape index (κ1) is 20.4. The highest BCUT2D eigenvalue weighted by Gasteiger charge is 2.10. The SMILES string of the molecule is CCC(C)C(=O)Nc1cccc(CNC(=NC)NCc2cccc(F)c2)c1. The lowest BCUT2D eigenvalue weighted by Crippen LogP contribution is -2.36. The van der Waals surface area contributed by atoms with E-state index in [1.807, 2.05) is 44.2 Å². The quantitative estimate of drug-likeness (QED) is 0.515. The molecule has 144 valence electrons. The Morgan fingerprint density at radius 3 is 2.30 bits per heavy atom. The largest absolute Gasteiger partial charge is 0.352 e. The maximum absolute atomic E-state index is 13.2. The van der Waals surface area contributed by atoms with Crippen LogP contribution in [0.15, 0.2) is 53.5 Å². The van der Waals surface area contributed by atoms with Crippen molar-refractivity contribution in [2.45, 2.75) is 33.4 Å². The predicted octanol–water partition coefficient (Wildman–Crippen LogP) is 3.68. The fourth-order valence-electron chi connectivity index (χ4n) is 2.45. The molecule has 2 aromatic carbocycles. The van der Waals surface area contributed by atoms with Gasteiger partial charge >= 0.3 is 0 Å². The highest BCUT2D eigenvalue weighted by molar-refractivity contribution is 5.92. The lowest BCUT2D eigenvalue weighted by atomic mass is 10.1. The molecule has 0 radical (unpaired) electrons. The number of hydrogen-bond acceptors (Lipinski definition) is 2. The zero-order valence-electron chi connectivity index (χ0n) is 16.1. The summed E-state index contributed by atoms with van der Waals surface area (Å²) in [5.74, 6) is 0.370. The van der Waals surface area contributed by atoms with Gasteiger partial charge in [0.1, 0.15) is 5.82 Å². The molecule has 0 spiro atoms. The number of amides is 1. The molecule has 0 aliphatic rings. The number of anilines is 1. The summed E-state index contributed by atoms with van der Waals surface area (Å²) in [5, 5.41) is 9.31. The van der Waals surface area contributed by atoms with Crippen LogP contribution in [0.3, 0.4) is 0 Å². The average Bonchev–Trinajstić information content (AvgIpc) is 2.67. The van der Waals surface area contributed by atoms with E-state index in [1.165, 1.54) is 12.1 Å². The molecule has 0 saturated heterocycles. The summed E-state index contributed by atoms with van der Waals surface area (Å²) < 4.78 is 13.2. The van der Waals surface area contributed by atoms with E-state index < -0.39 is 0 Å². The van der Waals surface area contributed by atoms with Crippen LogP contribution in [0.2, 0.25) is 0 Å². The number of halogens is 1. The molecule has 0 heterocycles. The van der Waals surface area contributed by atoms with Crippen molar-refractivity contribution in [1.29, 1.82) is 0 Å². The van der Waals surface area contributed by atoms with E-state index in [9.17, 15) is 9.18 Å². The summed E-state index contributed by atoms with van der Waals surface area (Å²) in [6.07, 6.45) is 0.806. The summed E-state index contributed by atoms with van der Waals surface area (Å²) in [7, 11) is 1.68. The minimum absolute atomic E-state index is 0.0161. The molecule has 0 fully saturated rings. The van der Waals surface area contributed by atoms with Gasteiger partial charge in [0.25, 0.3) is 0 Å². The molecular formula is C21H27FN4O. The first-order valence-electron chi connectivity index (χ1n) is 9.10. The number of benzene rings is 2. The van der Waals surface area contributed by atoms with Gasteiger partial charge in [0, 0.05) is 31.7 Å². The molecule has 2 aromatic rings. The molecule has 1 unspecified atom stereocenters. The van der Waals surface area contributed by atoms with E-state index in [1.54, 1.807) is 13.1 Å². The number of nitrogens with one attached hydrogen (secondary N) is 3. The molecule has 1 amide bonds. The first-order valence-corrected chi connectivity index (χ1v) is 9.10. The topological polar surface area (TPSA) is 65.5 Å². The number of guanidine groups is 1. The molecule has 2 rings (SSSR count). The van der Waals surface area contributed by atoms with Crippen LogP contribution in [0.1, 0.15) is 31.4 Å². The molecular weight excluding hydrogens is 343 g/mol. The van der Waals surface area contributed by atoms with Gasteiger partial charge in [0.05, 0.1) is 0 Å². The fraction of sp³-hybridized carbons (Fsp3) is 0.333. The van der Waals surface area contributed by atoms with Crippen molar-refractivity contribution in [1.82, 2.24) is 10.6 Å². The molecule has 3 N–H and O–H groups in total.